The lowest BCUT2D eigenvalue weighted by molar-refractivity contribution is -0.253. The summed E-state index contributed by atoms with van der Waals surface area (Å²) in [6, 6.07) is 46.0. The predicted molar refractivity (Wildman–Crippen MR) is 249 cm³/mol. The van der Waals surface area contributed by atoms with Gasteiger partial charge in [0.15, 0.2) is 6.29 Å². The highest BCUT2D eigenvalue weighted by molar-refractivity contribution is 7.89. The third kappa shape index (κ3) is 11.2. The van der Waals surface area contributed by atoms with Crippen LogP contribution in [0.1, 0.15) is 70.6 Å². The molecule has 2 aliphatic heterocycles. The average Bonchev–Trinajstić information content (AvgIpc) is 3.32. The molecular weight excluding hydrogens is 846 g/mol. The molecule has 4 atom stereocenters. The van der Waals surface area contributed by atoms with Crippen molar-refractivity contribution in [2.75, 3.05) is 19.6 Å². The maximum Gasteiger partial charge on any atom is 0.241 e. The number of sulfonamides is 1. The van der Waals surface area contributed by atoms with Crippen LogP contribution in [0, 0.1) is 6.92 Å². The third-order valence-corrected chi connectivity index (χ3v) is 14.1. The summed E-state index contributed by atoms with van der Waals surface area (Å²) < 4.78 is 43.0. The summed E-state index contributed by atoms with van der Waals surface area (Å²) in [6.07, 6.45) is 0.965. The van der Waals surface area contributed by atoms with E-state index in [9.17, 15) is 23.4 Å². The minimum Gasteiger partial charge on any atom is -0.392 e. The first-order valence-electron chi connectivity index (χ1n) is 21.7. The predicted octanol–water partition coefficient (Wildman–Crippen LogP) is 8.54. The number of benzene rings is 6. The van der Waals surface area contributed by atoms with Gasteiger partial charge in [0.1, 0.15) is 6.04 Å². The van der Waals surface area contributed by atoms with Crippen molar-refractivity contribution in [1.82, 2.24) is 14.9 Å². The van der Waals surface area contributed by atoms with Crippen LogP contribution >= 0.6 is 11.6 Å². The van der Waals surface area contributed by atoms with Gasteiger partial charge in [-0.05, 0) is 89.4 Å². The number of ether oxygens (including phenoxy) is 2. The summed E-state index contributed by atoms with van der Waals surface area (Å²) >= 11 is 6.12. The van der Waals surface area contributed by atoms with Crippen molar-refractivity contribution in [2.24, 2.45) is 0 Å². The largest absolute Gasteiger partial charge is 0.392 e. The number of carbonyl (C=O) groups excluding carboxylic acids is 1. The van der Waals surface area contributed by atoms with Crippen molar-refractivity contribution in [3.8, 4) is 11.1 Å². The molecule has 2 aliphatic rings. The number of likely N-dealkylation sites (tertiary alicyclic amines) is 1. The van der Waals surface area contributed by atoms with Gasteiger partial charge in [0, 0.05) is 43.2 Å². The number of halogens is 1. The van der Waals surface area contributed by atoms with Gasteiger partial charge in [-0.25, -0.2) is 8.42 Å². The number of hydrogen-bond acceptors (Lipinski definition) is 8. The molecule has 0 bridgehead atoms. The Balaban J connectivity index is 0.963. The Morgan fingerprint density at radius 3 is 2.14 bits per heavy atom. The number of nitrogens with one attached hydrogen (secondary N) is 2. The zero-order chi connectivity index (χ0) is 44.7. The van der Waals surface area contributed by atoms with E-state index in [1.165, 1.54) is 12.1 Å². The molecule has 10 nitrogen and oxygen atoms in total. The smallest absolute Gasteiger partial charge is 0.241 e. The van der Waals surface area contributed by atoms with Crippen LogP contribution in [0.3, 0.4) is 0 Å². The van der Waals surface area contributed by atoms with Crippen LogP contribution in [0.5, 0.6) is 0 Å². The molecule has 6 aromatic carbocycles. The molecule has 0 saturated carbocycles. The Labute approximate surface area is 380 Å². The van der Waals surface area contributed by atoms with Crippen molar-refractivity contribution < 1.29 is 32.9 Å². The number of piperidine rings is 1. The Kier molecular flexibility index (Phi) is 14.4. The SMILES string of the molecule is Cc1ccc(S(=O)(=O)NC(Cc2ccccc2)C(=O)NCc2ccccc2-c2ccc(C3OC(CN4CCC(O)(c5ccc(Cl)cc5)CC4)CC(c4ccc(CO)cc4)O3)cc2)cc1. The van der Waals surface area contributed by atoms with Crippen LogP contribution in [0.15, 0.2) is 157 Å². The van der Waals surface area contributed by atoms with E-state index >= 15 is 0 Å². The highest BCUT2D eigenvalue weighted by Crippen LogP contribution is 2.40. The van der Waals surface area contributed by atoms with Crippen molar-refractivity contribution in [1.29, 1.82) is 0 Å². The second kappa shape index (κ2) is 20.3. The molecule has 0 spiro atoms. The standard InChI is InChI=1S/C52H54ClN3O7S/c1-36-11-25-46(26-12-36)64(60,61)55-48(31-37-7-3-2-4-8-37)50(58)54-33-42-9-5-6-10-47(42)39-17-19-41(20-18-39)51-62-45(32-49(63-51)40-15-13-38(35-57)14-16-40)34-56-29-27-52(59,28-30-56)43-21-23-44(53)24-22-43/h2-26,45,48-49,51,55,57,59H,27-35H2,1H3,(H,54,58). The lowest BCUT2D eigenvalue weighted by Gasteiger charge is -2.42. The topological polar surface area (TPSA) is 137 Å². The molecule has 8 rings (SSSR count). The fraction of sp³-hybridized carbons (Fsp3) is 0.288. The lowest BCUT2D eigenvalue weighted by atomic mass is 9.84. The maximum atomic E-state index is 13.9. The van der Waals surface area contributed by atoms with Gasteiger partial charge in [-0.2, -0.15) is 4.72 Å². The number of rotatable bonds is 15. The molecule has 1 amide bonds. The third-order valence-electron chi connectivity index (χ3n) is 12.3. The molecule has 0 aromatic heterocycles. The molecule has 6 aromatic rings. The highest BCUT2D eigenvalue weighted by Gasteiger charge is 2.37. The van der Waals surface area contributed by atoms with E-state index in [2.05, 4.69) is 14.9 Å². The first-order valence-corrected chi connectivity index (χ1v) is 23.6. The molecular formula is C52H54ClN3O7S. The zero-order valence-corrected chi connectivity index (χ0v) is 37.3. The van der Waals surface area contributed by atoms with E-state index in [1.807, 2.05) is 134 Å². The fourth-order valence-electron chi connectivity index (χ4n) is 8.57. The van der Waals surface area contributed by atoms with Gasteiger partial charge in [-0.3, -0.25) is 4.79 Å². The van der Waals surface area contributed by atoms with E-state index in [-0.39, 0.29) is 36.7 Å². The minimum atomic E-state index is -3.99. The number of amides is 1. The number of carbonyl (C=O) groups is 1. The molecule has 4 unspecified atom stereocenters. The quantitative estimate of drug-likeness (QED) is 0.0806. The van der Waals surface area contributed by atoms with Crippen molar-refractivity contribution in [2.45, 2.75) is 80.8 Å². The molecule has 0 aliphatic carbocycles. The Morgan fingerprint density at radius 2 is 1.45 bits per heavy atom. The Morgan fingerprint density at radius 1 is 0.797 bits per heavy atom. The van der Waals surface area contributed by atoms with Gasteiger partial charge in [-0.1, -0.05) is 145 Å². The van der Waals surface area contributed by atoms with E-state index in [0.29, 0.717) is 43.9 Å². The van der Waals surface area contributed by atoms with E-state index in [0.717, 1.165) is 50.1 Å². The number of nitrogens with zero attached hydrogens (tertiary/aromatic N) is 1. The van der Waals surface area contributed by atoms with Crippen LogP contribution in [-0.4, -0.2) is 61.2 Å². The zero-order valence-electron chi connectivity index (χ0n) is 35.8. The summed E-state index contributed by atoms with van der Waals surface area (Å²) in [5.41, 5.74) is 7.14. The van der Waals surface area contributed by atoms with Gasteiger partial charge in [-0.15, -0.1) is 0 Å². The summed E-state index contributed by atoms with van der Waals surface area (Å²) in [6.45, 7) is 4.13. The average molecular weight is 901 g/mol. The summed E-state index contributed by atoms with van der Waals surface area (Å²) in [5.74, 6) is -0.437. The number of aliphatic hydroxyl groups is 2. The Hall–Kier alpha value is -5.21. The second-order valence-corrected chi connectivity index (χ2v) is 19.0. The lowest BCUT2D eigenvalue weighted by Crippen LogP contribution is -2.47. The number of hydrogen-bond donors (Lipinski definition) is 4. The highest BCUT2D eigenvalue weighted by atomic mass is 35.5. The molecule has 332 valence electrons. The molecule has 4 N–H and O–H groups in total. The van der Waals surface area contributed by atoms with Crippen molar-refractivity contribution in [3.05, 3.63) is 196 Å². The monoisotopic (exact) mass is 899 g/mol. The van der Waals surface area contributed by atoms with Crippen LogP contribution in [0.25, 0.3) is 11.1 Å². The first-order chi connectivity index (χ1) is 30.9. The van der Waals surface area contributed by atoms with Crippen LogP contribution in [-0.2, 0) is 49.5 Å². The van der Waals surface area contributed by atoms with Crippen molar-refractivity contribution in [3.63, 3.8) is 0 Å². The van der Waals surface area contributed by atoms with Crippen LogP contribution in [0.4, 0.5) is 0 Å². The maximum absolute atomic E-state index is 13.9. The van der Waals surface area contributed by atoms with Gasteiger partial charge < -0.3 is 29.9 Å². The molecule has 2 saturated heterocycles. The number of aryl methyl sites for hydroxylation is 1. The van der Waals surface area contributed by atoms with Gasteiger partial charge in [0.05, 0.1) is 29.3 Å². The van der Waals surface area contributed by atoms with Gasteiger partial charge >= 0.3 is 0 Å². The summed E-state index contributed by atoms with van der Waals surface area (Å²) in [4.78, 5) is 16.3. The first kappa shape index (κ1) is 45.4. The molecule has 0 radical (unpaired) electrons. The van der Waals surface area contributed by atoms with E-state index in [1.54, 1.807) is 12.1 Å². The fourth-order valence-corrected chi connectivity index (χ4v) is 9.89. The van der Waals surface area contributed by atoms with Gasteiger partial charge in [0.2, 0.25) is 15.9 Å². The van der Waals surface area contributed by atoms with Gasteiger partial charge in [0.25, 0.3) is 0 Å². The van der Waals surface area contributed by atoms with Crippen molar-refractivity contribution >= 4 is 27.5 Å². The van der Waals surface area contributed by atoms with E-state index in [4.69, 9.17) is 21.1 Å². The summed E-state index contributed by atoms with van der Waals surface area (Å²) in [7, 11) is -3.99. The minimum absolute atomic E-state index is 0.0375. The summed E-state index contributed by atoms with van der Waals surface area (Å²) in [5, 5.41) is 24.9. The molecule has 2 heterocycles. The normalized spacial score (nSPS) is 19.5. The molecule has 12 heteroatoms. The Bertz CT molecular complexity index is 2590. The van der Waals surface area contributed by atoms with Crippen LogP contribution < -0.4 is 10.0 Å². The second-order valence-electron chi connectivity index (χ2n) is 16.9. The number of aliphatic hydroxyl groups excluding tert-OH is 1. The molecule has 64 heavy (non-hydrogen) atoms. The molecule has 2 fully saturated rings. The van der Waals surface area contributed by atoms with Crippen LogP contribution in [0.2, 0.25) is 5.02 Å². The van der Waals surface area contributed by atoms with E-state index < -0.39 is 33.9 Å².